The molecular weight excluding hydrogens is 234 g/mol. The molecule has 3 N–H and O–H groups in total. The topological polar surface area (TPSA) is 71.0 Å². The van der Waals surface area contributed by atoms with E-state index in [4.69, 9.17) is 14.6 Å². The molecule has 0 heterocycles. The molecule has 5 nitrogen and oxygen atoms in total. The summed E-state index contributed by atoms with van der Waals surface area (Å²) in [6.07, 6.45) is -0.743. The molecule has 0 aliphatic carbocycles. The Kier molecular flexibility index (Phi) is 5.91. The third kappa shape index (κ3) is 3.87. The van der Waals surface area contributed by atoms with Crippen LogP contribution in [0, 0.1) is 0 Å². The molecule has 102 valence electrons. The van der Waals surface area contributed by atoms with Crippen molar-refractivity contribution >= 4 is 0 Å². The molecule has 0 fully saturated rings. The molecule has 0 saturated heterocycles. The van der Waals surface area contributed by atoms with Gasteiger partial charge in [-0.25, -0.2) is 0 Å². The van der Waals surface area contributed by atoms with Crippen LogP contribution in [0.2, 0.25) is 0 Å². The summed E-state index contributed by atoms with van der Waals surface area (Å²) in [5.41, 5.74) is 1.03. The van der Waals surface area contributed by atoms with Crippen molar-refractivity contribution in [2.75, 3.05) is 27.4 Å². The number of hydrogen-bond acceptors (Lipinski definition) is 5. The van der Waals surface area contributed by atoms with E-state index < -0.39 is 6.10 Å². The lowest BCUT2D eigenvalue weighted by Crippen LogP contribution is -2.31. The van der Waals surface area contributed by atoms with Gasteiger partial charge in [0.05, 0.1) is 26.9 Å². The smallest absolute Gasteiger partial charge is 0.161 e. The van der Waals surface area contributed by atoms with E-state index in [0.29, 0.717) is 18.0 Å². The molecule has 0 bridgehead atoms. The van der Waals surface area contributed by atoms with Crippen molar-refractivity contribution in [3.63, 3.8) is 0 Å². The molecule has 0 spiro atoms. The van der Waals surface area contributed by atoms with Gasteiger partial charge in [0.25, 0.3) is 0 Å². The maximum absolute atomic E-state index is 9.28. The van der Waals surface area contributed by atoms with E-state index in [1.165, 1.54) is 0 Å². The minimum absolute atomic E-state index is 0.0472. The Morgan fingerprint density at radius 2 is 1.89 bits per heavy atom. The molecule has 1 aromatic rings. The van der Waals surface area contributed by atoms with Crippen LogP contribution in [-0.4, -0.2) is 43.7 Å². The highest BCUT2D eigenvalue weighted by Crippen LogP contribution is 2.29. The van der Waals surface area contributed by atoms with Crippen molar-refractivity contribution in [3.8, 4) is 11.5 Å². The van der Waals surface area contributed by atoms with Crippen LogP contribution in [0.1, 0.15) is 18.5 Å². The summed E-state index contributed by atoms with van der Waals surface area (Å²) in [4.78, 5) is 0. The lowest BCUT2D eigenvalue weighted by molar-refractivity contribution is 0.0924. The number of methoxy groups -OCH3 is 2. The highest BCUT2D eigenvalue weighted by Gasteiger charge is 2.11. The van der Waals surface area contributed by atoms with E-state index in [1.807, 2.05) is 25.1 Å². The second kappa shape index (κ2) is 7.20. The van der Waals surface area contributed by atoms with Gasteiger partial charge in [-0.15, -0.1) is 0 Å². The van der Waals surface area contributed by atoms with Crippen LogP contribution in [0.3, 0.4) is 0 Å². The second-order valence-corrected chi connectivity index (χ2v) is 4.08. The van der Waals surface area contributed by atoms with E-state index in [1.54, 1.807) is 14.2 Å². The highest BCUT2D eigenvalue weighted by molar-refractivity contribution is 5.43. The standard InChI is InChI=1S/C13H21NO4/c1-9(14-7-11(16)8-15)10-4-5-12(17-2)13(6-10)18-3/h4-6,9,11,14-16H,7-8H2,1-3H3/t9?,11-/m0/s1. The molecular formula is C13H21NO4. The number of hydrogen-bond donors (Lipinski definition) is 3. The summed E-state index contributed by atoms with van der Waals surface area (Å²) in [7, 11) is 3.19. The van der Waals surface area contributed by atoms with Gasteiger partial charge in [-0.3, -0.25) is 0 Å². The highest BCUT2D eigenvalue weighted by atomic mass is 16.5. The predicted octanol–water partition coefficient (Wildman–Crippen LogP) is 0.708. The van der Waals surface area contributed by atoms with Crippen molar-refractivity contribution in [1.29, 1.82) is 0 Å². The third-order valence-corrected chi connectivity index (χ3v) is 2.78. The van der Waals surface area contributed by atoms with Crippen LogP contribution in [0.15, 0.2) is 18.2 Å². The normalized spacial score (nSPS) is 14.1. The van der Waals surface area contributed by atoms with Gasteiger partial charge in [-0.1, -0.05) is 6.07 Å². The minimum Gasteiger partial charge on any atom is -0.493 e. The van der Waals surface area contributed by atoms with Gasteiger partial charge in [0.2, 0.25) is 0 Å². The molecule has 0 radical (unpaired) electrons. The molecule has 18 heavy (non-hydrogen) atoms. The quantitative estimate of drug-likeness (QED) is 0.669. The van der Waals surface area contributed by atoms with Gasteiger partial charge in [0.1, 0.15) is 0 Å². The predicted molar refractivity (Wildman–Crippen MR) is 69.1 cm³/mol. The van der Waals surface area contributed by atoms with Crippen molar-refractivity contribution in [2.45, 2.75) is 19.1 Å². The summed E-state index contributed by atoms with van der Waals surface area (Å²) in [5, 5.41) is 21.2. The van der Waals surface area contributed by atoms with Crippen LogP contribution < -0.4 is 14.8 Å². The van der Waals surface area contributed by atoms with Crippen LogP contribution in [0.4, 0.5) is 0 Å². The fraction of sp³-hybridized carbons (Fsp3) is 0.538. The molecule has 1 aromatic carbocycles. The van der Waals surface area contributed by atoms with Gasteiger partial charge in [-0.05, 0) is 24.6 Å². The molecule has 0 aliphatic heterocycles. The van der Waals surface area contributed by atoms with Crippen molar-refractivity contribution in [3.05, 3.63) is 23.8 Å². The Labute approximate surface area is 107 Å². The maximum atomic E-state index is 9.28. The van der Waals surface area contributed by atoms with E-state index >= 15 is 0 Å². The number of rotatable bonds is 7. The lowest BCUT2D eigenvalue weighted by atomic mass is 10.1. The van der Waals surface area contributed by atoms with Crippen LogP contribution in [0.25, 0.3) is 0 Å². The van der Waals surface area contributed by atoms with Gasteiger partial charge < -0.3 is 25.0 Å². The average molecular weight is 255 g/mol. The fourth-order valence-electron chi connectivity index (χ4n) is 1.62. The number of aliphatic hydroxyl groups excluding tert-OH is 2. The lowest BCUT2D eigenvalue weighted by Gasteiger charge is -2.18. The molecule has 0 aromatic heterocycles. The summed E-state index contributed by atoms with van der Waals surface area (Å²) >= 11 is 0. The van der Waals surface area contributed by atoms with Crippen LogP contribution in [0.5, 0.6) is 11.5 Å². The molecule has 0 aliphatic rings. The number of nitrogens with one attached hydrogen (secondary N) is 1. The molecule has 2 atom stereocenters. The molecule has 1 rings (SSSR count). The van der Waals surface area contributed by atoms with E-state index in [-0.39, 0.29) is 12.6 Å². The Morgan fingerprint density at radius 1 is 1.22 bits per heavy atom. The van der Waals surface area contributed by atoms with Crippen LogP contribution >= 0.6 is 0 Å². The summed E-state index contributed by atoms with van der Waals surface area (Å²) in [5.74, 6) is 1.36. The molecule has 1 unspecified atom stereocenters. The Balaban J connectivity index is 2.70. The van der Waals surface area contributed by atoms with E-state index in [2.05, 4.69) is 5.32 Å². The SMILES string of the molecule is COc1ccc(C(C)NC[C@H](O)CO)cc1OC. The second-order valence-electron chi connectivity index (χ2n) is 4.08. The summed E-state index contributed by atoms with van der Waals surface area (Å²) in [6, 6.07) is 5.71. The zero-order valence-electron chi connectivity index (χ0n) is 11.0. The molecule has 0 saturated carbocycles. The zero-order valence-corrected chi connectivity index (χ0v) is 11.0. The van der Waals surface area contributed by atoms with Gasteiger partial charge in [0.15, 0.2) is 11.5 Å². The zero-order chi connectivity index (χ0) is 13.5. The Morgan fingerprint density at radius 3 is 2.44 bits per heavy atom. The Bertz CT molecular complexity index is 370. The van der Waals surface area contributed by atoms with E-state index in [0.717, 1.165) is 5.56 Å². The average Bonchev–Trinajstić information content (AvgIpc) is 2.43. The van der Waals surface area contributed by atoms with Gasteiger partial charge in [0, 0.05) is 12.6 Å². The molecule has 0 amide bonds. The first kappa shape index (κ1) is 14.8. The van der Waals surface area contributed by atoms with Crippen molar-refractivity contribution < 1.29 is 19.7 Å². The van der Waals surface area contributed by atoms with Crippen LogP contribution in [-0.2, 0) is 0 Å². The minimum atomic E-state index is -0.743. The van der Waals surface area contributed by atoms with Gasteiger partial charge >= 0.3 is 0 Å². The number of aliphatic hydroxyl groups is 2. The first-order chi connectivity index (χ1) is 8.62. The fourth-order valence-corrected chi connectivity index (χ4v) is 1.62. The molecule has 5 heteroatoms. The van der Waals surface area contributed by atoms with Gasteiger partial charge in [-0.2, -0.15) is 0 Å². The third-order valence-electron chi connectivity index (χ3n) is 2.78. The Hall–Kier alpha value is -1.30. The number of ether oxygens (including phenoxy) is 2. The van der Waals surface area contributed by atoms with Crippen molar-refractivity contribution in [1.82, 2.24) is 5.32 Å². The first-order valence-electron chi connectivity index (χ1n) is 5.86. The van der Waals surface area contributed by atoms with Crippen molar-refractivity contribution in [2.24, 2.45) is 0 Å². The largest absolute Gasteiger partial charge is 0.493 e. The maximum Gasteiger partial charge on any atom is 0.161 e. The monoisotopic (exact) mass is 255 g/mol. The summed E-state index contributed by atoms with van der Waals surface area (Å²) in [6.45, 7) is 2.07. The number of benzene rings is 1. The van der Waals surface area contributed by atoms with E-state index in [9.17, 15) is 5.11 Å². The summed E-state index contributed by atoms with van der Waals surface area (Å²) < 4.78 is 10.4. The first-order valence-corrected chi connectivity index (χ1v) is 5.86.